The van der Waals surface area contributed by atoms with Gasteiger partial charge in [-0.05, 0) is 32.9 Å². The van der Waals surface area contributed by atoms with Crippen molar-refractivity contribution in [1.29, 1.82) is 0 Å². The van der Waals surface area contributed by atoms with E-state index in [0.29, 0.717) is 24.7 Å². The van der Waals surface area contributed by atoms with Crippen LogP contribution < -0.4 is 10.5 Å². The summed E-state index contributed by atoms with van der Waals surface area (Å²) < 4.78 is 11.1. The second-order valence-corrected chi connectivity index (χ2v) is 5.85. The first-order valence-electron chi connectivity index (χ1n) is 6.70. The van der Waals surface area contributed by atoms with Gasteiger partial charge < -0.3 is 20.1 Å². The molecule has 0 aliphatic carbocycles. The van der Waals surface area contributed by atoms with Gasteiger partial charge in [-0.15, -0.1) is 0 Å². The average Bonchev–Trinajstić information content (AvgIpc) is 2.79. The average molecular weight is 279 g/mol. The zero-order valence-corrected chi connectivity index (χ0v) is 12.1. The predicted octanol–water partition coefficient (Wildman–Crippen LogP) is 2.05. The summed E-state index contributed by atoms with van der Waals surface area (Å²) in [5.41, 5.74) is 5.80. The largest absolute Gasteiger partial charge is 0.471 e. The summed E-state index contributed by atoms with van der Waals surface area (Å²) in [6.45, 7) is 6.66. The first kappa shape index (κ1) is 14.4. The summed E-state index contributed by atoms with van der Waals surface area (Å²) in [5, 5.41) is 0. The molecular formula is C14H21N3O3. The molecule has 2 heterocycles. The molecule has 2 rings (SSSR count). The standard InChI is InChI=1S/C14H21N3O3/c1-14(2,3)20-13(18)17-8-6-10(9-17)19-12-11(15)5-4-7-16-12/h4-5,7,10H,6,8-9,15H2,1-3H3/t10-/m1/s1. The van der Waals surface area contributed by atoms with E-state index in [1.807, 2.05) is 20.8 Å². The number of nitrogens with two attached hydrogens (primary N) is 1. The molecule has 6 nitrogen and oxygen atoms in total. The van der Waals surface area contributed by atoms with E-state index in [2.05, 4.69) is 4.98 Å². The van der Waals surface area contributed by atoms with Gasteiger partial charge in [-0.25, -0.2) is 9.78 Å². The van der Waals surface area contributed by atoms with Crippen molar-refractivity contribution in [3.63, 3.8) is 0 Å². The molecule has 110 valence electrons. The second kappa shape index (κ2) is 5.56. The number of carbonyl (C=O) groups excluding carboxylic acids is 1. The van der Waals surface area contributed by atoms with Gasteiger partial charge in [0.1, 0.15) is 11.7 Å². The van der Waals surface area contributed by atoms with E-state index in [1.165, 1.54) is 0 Å². The summed E-state index contributed by atoms with van der Waals surface area (Å²) in [4.78, 5) is 17.7. The predicted molar refractivity (Wildman–Crippen MR) is 75.5 cm³/mol. The normalized spacial score (nSPS) is 18.9. The van der Waals surface area contributed by atoms with E-state index in [-0.39, 0.29) is 12.2 Å². The van der Waals surface area contributed by atoms with Crippen molar-refractivity contribution in [2.24, 2.45) is 0 Å². The topological polar surface area (TPSA) is 77.7 Å². The number of rotatable bonds is 2. The fraction of sp³-hybridized carbons (Fsp3) is 0.571. The maximum atomic E-state index is 11.9. The molecule has 1 aliphatic rings. The number of amides is 1. The first-order chi connectivity index (χ1) is 9.35. The second-order valence-electron chi connectivity index (χ2n) is 5.85. The van der Waals surface area contributed by atoms with Gasteiger partial charge in [0.05, 0.1) is 12.2 Å². The van der Waals surface area contributed by atoms with Gasteiger partial charge in [-0.3, -0.25) is 0 Å². The molecule has 2 N–H and O–H groups in total. The Morgan fingerprint density at radius 1 is 1.50 bits per heavy atom. The number of nitrogens with zero attached hydrogens (tertiary/aromatic N) is 2. The maximum absolute atomic E-state index is 11.9. The molecule has 1 aliphatic heterocycles. The van der Waals surface area contributed by atoms with Gasteiger partial charge in [0.25, 0.3) is 0 Å². The number of aromatic nitrogens is 1. The number of likely N-dealkylation sites (tertiary alicyclic amines) is 1. The van der Waals surface area contributed by atoms with Crippen molar-refractivity contribution in [2.75, 3.05) is 18.8 Å². The molecule has 6 heteroatoms. The number of pyridine rings is 1. The quantitative estimate of drug-likeness (QED) is 0.896. The lowest BCUT2D eigenvalue weighted by atomic mass is 10.2. The number of ether oxygens (including phenoxy) is 2. The van der Waals surface area contributed by atoms with Crippen LogP contribution in [0.4, 0.5) is 10.5 Å². The fourth-order valence-corrected chi connectivity index (χ4v) is 1.98. The van der Waals surface area contributed by atoms with Gasteiger partial charge in [-0.2, -0.15) is 0 Å². The number of hydrogen-bond donors (Lipinski definition) is 1. The van der Waals surface area contributed by atoms with Crippen LogP contribution in [0.3, 0.4) is 0 Å². The minimum atomic E-state index is -0.485. The van der Waals surface area contributed by atoms with Gasteiger partial charge in [0.2, 0.25) is 5.88 Å². The van der Waals surface area contributed by atoms with Crippen molar-refractivity contribution in [1.82, 2.24) is 9.88 Å². The third kappa shape index (κ3) is 3.76. The monoisotopic (exact) mass is 279 g/mol. The highest BCUT2D eigenvalue weighted by atomic mass is 16.6. The SMILES string of the molecule is CC(C)(C)OC(=O)N1CC[C@@H](Oc2ncccc2N)C1. The summed E-state index contributed by atoms with van der Waals surface area (Å²) in [5.74, 6) is 0.420. The number of carbonyl (C=O) groups is 1. The zero-order chi connectivity index (χ0) is 14.8. The molecule has 20 heavy (non-hydrogen) atoms. The Hall–Kier alpha value is -1.98. The van der Waals surface area contributed by atoms with E-state index in [1.54, 1.807) is 23.2 Å². The Labute approximate surface area is 118 Å². The lowest BCUT2D eigenvalue weighted by Crippen LogP contribution is -2.36. The van der Waals surface area contributed by atoms with Crippen LogP contribution in [0.5, 0.6) is 5.88 Å². The molecular weight excluding hydrogens is 258 g/mol. The Balaban J connectivity index is 1.90. The van der Waals surface area contributed by atoms with Crippen LogP contribution >= 0.6 is 0 Å². The minimum absolute atomic E-state index is 0.0975. The third-order valence-corrected chi connectivity index (χ3v) is 2.88. The molecule has 0 radical (unpaired) electrons. The molecule has 0 spiro atoms. The van der Waals surface area contributed by atoms with Crippen molar-refractivity contribution in [3.05, 3.63) is 18.3 Å². The number of hydrogen-bond acceptors (Lipinski definition) is 5. The molecule has 1 aromatic heterocycles. The fourth-order valence-electron chi connectivity index (χ4n) is 1.98. The zero-order valence-electron chi connectivity index (χ0n) is 12.1. The van der Waals surface area contributed by atoms with E-state index in [0.717, 1.165) is 6.42 Å². The molecule has 0 saturated carbocycles. The number of anilines is 1. The van der Waals surface area contributed by atoms with Crippen LogP contribution in [0.15, 0.2) is 18.3 Å². The molecule has 1 saturated heterocycles. The van der Waals surface area contributed by atoms with E-state index >= 15 is 0 Å². The Kier molecular flexibility index (Phi) is 4.01. The van der Waals surface area contributed by atoms with Crippen LogP contribution in [-0.2, 0) is 4.74 Å². The van der Waals surface area contributed by atoms with E-state index < -0.39 is 5.60 Å². The van der Waals surface area contributed by atoms with Crippen LogP contribution in [0.2, 0.25) is 0 Å². The highest BCUT2D eigenvalue weighted by Gasteiger charge is 2.31. The van der Waals surface area contributed by atoms with Gasteiger partial charge in [0.15, 0.2) is 0 Å². The molecule has 0 unspecified atom stereocenters. The molecule has 0 bridgehead atoms. The highest BCUT2D eigenvalue weighted by Crippen LogP contribution is 2.22. The van der Waals surface area contributed by atoms with Crippen molar-refractivity contribution in [3.8, 4) is 5.88 Å². The molecule has 1 amide bonds. The van der Waals surface area contributed by atoms with Crippen LogP contribution in [-0.4, -0.2) is 40.8 Å². The van der Waals surface area contributed by atoms with Crippen LogP contribution in [0.25, 0.3) is 0 Å². The van der Waals surface area contributed by atoms with Gasteiger partial charge >= 0.3 is 6.09 Å². The van der Waals surface area contributed by atoms with Crippen molar-refractivity contribution < 1.29 is 14.3 Å². The highest BCUT2D eigenvalue weighted by molar-refractivity contribution is 5.68. The van der Waals surface area contributed by atoms with Gasteiger partial charge in [-0.1, -0.05) is 0 Å². The van der Waals surface area contributed by atoms with Crippen molar-refractivity contribution >= 4 is 11.8 Å². The first-order valence-corrected chi connectivity index (χ1v) is 6.70. The van der Waals surface area contributed by atoms with E-state index in [4.69, 9.17) is 15.2 Å². The summed E-state index contributed by atoms with van der Waals surface area (Å²) in [7, 11) is 0. The smallest absolute Gasteiger partial charge is 0.410 e. The molecule has 1 atom stereocenters. The van der Waals surface area contributed by atoms with Gasteiger partial charge in [0, 0.05) is 19.2 Å². The van der Waals surface area contributed by atoms with E-state index in [9.17, 15) is 4.79 Å². The molecule has 0 aromatic carbocycles. The van der Waals surface area contributed by atoms with Crippen LogP contribution in [0, 0.1) is 0 Å². The number of nitrogen functional groups attached to an aromatic ring is 1. The third-order valence-electron chi connectivity index (χ3n) is 2.88. The van der Waals surface area contributed by atoms with Crippen LogP contribution in [0.1, 0.15) is 27.2 Å². The minimum Gasteiger partial charge on any atom is -0.471 e. The Morgan fingerprint density at radius 2 is 2.25 bits per heavy atom. The summed E-state index contributed by atoms with van der Waals surface area (Å²) in [6, 6.07) is 3.49. The molecule has 1 fully saturated rings. The Bertz CT molecular complexity index is 485. The summed E-state index contributed by atoms with van der Waals surface area (Å²) >= 11 is 0. The molecule has 1 aromatic rings. The maximum Gasteiger partial charge on any atom is 0.410 e. The lowest BCUT2D eigenvalue weighted by Gasteiger charge is -2.24. The summed E-state index contributed by atoms with van der Waals surface area (Å²) in [6.07, 6.45) is 1.97. The Morgan fingerprint density at radius 3 is 2.90 bits per heavy atom. The van der Waals surface area contributed by atoms with Crippen molar-refractivity contribution in [2.45, 2.75) is 38.9 Å². The lowest BCUT2D eigenvalue weighted by molar-refractivity contribution is 0.0275.